The molecule has 0 saturated heterocycles. The highest BCUT2D eigenvalue weighted by atomic mass is 79.9. The van der Waals surface area contributed by atoms with E-state index in [0.717, 1.165) is 15.8 Å². The number of thiol groups is 1. The van der Waals surface area contributed by atoms with Crippen molar-refractivity contribution in [1.29, 1.82) is 0 Å². The van der Waals surface area contributed by atoms with Crippen molar-refractivity contribution in [3.05, 3.63) is 28.2 Å². The molecule has 5 heteroatoms. The van der Waals surface area contributed by atoms with Crippen LogP contribution in [0.25, 0.3) is 0 Å². The monoisotopic (exact) mass is 317 g/mol. The molecule has 0 aliphatic carbocycles. The fourth-order valence-electron chi connectivity index (χ4n) is 1.43. The molecule has 3 nitrogen and oxygen atoms in total. The van der Waals surface area contributed by atoms with E-state index >= 15 is 0 Å². The molecule has 0 heterocycles. The highest BCUT2D eigenvalue weighted by Gasteiger charge is 2.14. The van der Waals surface area contributed by atoms with Crippen molar-refractivity contribution in [1.82, 2.24) is 4.90 Å². The third kappa shape index (κ3) is 4.33. The van der Waals surface area contributed by atoms with Gasteiger partial charge in [0.1, 0.15) is 0 Å². The summed E-state index contributed by atoms with van der Waals surface area (Å²) in [7, 11) is 3.44. The molecule has 1 aromatic rings. The number of nitrogens with zero attached hydrogens (tertiary/aromatic N) is 1. The summed E-state index contributed by atoms with van der Waals surface area (Å²) in [5.41, 5.74) is 0.636. The zero-order valence-corrected chi connectivity index (χ0v) is 12.4. The van der Waals surface area contributed by atoms with Gasteiger partial charge in [0.25, 0.3) is 5.91 Å². The molecule has 0 spiro atoms. The maximum atomic E-state index is 12.1. The van der Waals surface area contributed by atoms with Crippen LogP contribution in [-0.4, -0.2) is 38.1 Å². The summed E-state index contributed by atoms with van der Waals surface area (Å²) in [5, 5.41) is 0. The van der Waals surface area contributed by atoms with E-state index in [1.807, 2.05) is 12.1 Å². The minimum absolute atomic E-state index is 0.0103. The first-order chi connectivity index (χ1) is 8.06. The topological polar surface area (TPSA) is 29.5 Å². The third-order valence-corrected chi connectivity index (χ3v) is 3.34. The van der Waals surface area contributed by atoms with E-state index in [1.165, 1.54) is 0 Å². The minimum atomic E-state index is -0.0103. The van der Waals surface area contributed by atoms with Gasteiger partial charge in [-0.2, -0.15) is 0 Å². The van der Waals surface area contributed by atoms with E-state index < -0.39 is 0 Å². The van der Waals surface area contributed by atoms with Crippen molar-refractivity contribution in [3.63, 3.8) is 0 Å². The summed E-state index contributed by atoms with van der Waals surface area (Å²) in [6.07, 6.45) is 0.830. The Morgan fingerprint density at radius 3 is 2.88 bits per heavy atom. The lowest BCUT2D eigenvalue weighted by Gasteiger charge is -2.18. The quantitative estimate of drug-likeness (QED) is 0.668. The first kappa shape index (κ1) is 14.5. The molecule has 1 rings (SSSR count). The van der Waals surface area contributed by atoms with Gasteiger partial charge in [-0.25, -0.2) is 0 Å². The van der Waals surface area contributed by atoms with Gasteiger partial charge in [0, 0.05) is 36.7 Å². The number of methoxy groups -OCH3 is 1. The molecular weight excluding hydrogens is 302 g/mol. The van der Waals surface area contributed by atoms with Gasteiger partial charge in [0.2, 0.25) is 0 Å². The van der Waals surface area contributed by atoms with E-state index in [1.54, 1.807) is 25.1 Å². The van der Waals surface area contributed by atoms with Crippen LogP contribution in [0.4, 0.5) is 0 Å². The molecule has 1 aromatic carbocycles. The summed E-state index contributed by atoms with van der Waals surface area (Å²) in [6, 6.07) is 5.44. The zero-order valence-electron chi connectivity index (χ0n) is 9.94. The second kappa shape index (κ2) is 7.03. The van der Waals surface area contributed by atoms with Crippen molar-refractivity contribution in [3.8, 4) is 0 Å². The first-order valence-corrected chi connectivity index (χ1v) is 6.53. The number of ether oxygens (including phenoxy) is 1. The summed E-state index contributed by atoms with van der Waals surface area (Å²) in [5.74, 6) is -0.0103. The van der Waals surface area contributed by atoms with Crippen molar-refractivity contribution < 1.29 is 9.53 Å². The molecule has 0 N–H and O–H groups in total. The highest BCUT2D eigenvalue weighted by Crippen LogP contribution is 2.21. The minimum Gasteiger partial charge on any atom is -0.385 e. The Hall–Kier alpha value is -0.520. The smallest absolute Gasteiger partial charge is 0.254 e. The molecule has 1 amide bonds. The first-order valence-electron chi connectivity index (χ1n) is 5.29. The summed E-state index contributed by atoms with van der Waals surface area (Å²) < 4.78 is 5.75. The Balaban J connectivity index is 2.71. The van der Waals surface area contributed by atoms with Crippen LogP contribution in [0.15, 0.2) is 27.6 Å². The Morgan fingerprint density at radius 2 is 2.24 bits per heavy atom. The predicted octanol–water partition coefficient (Wildman–Crippen LogP) is 2.85. The summed E-state index contributed by atoms with van der Waals surface area (Å²) in [6.45, 7) is 1.33. The van der Waals surface area contributed by atoms with E-state index in [4.69, 9.17) is 4.74 Å². The van der Waals surface area contributed by atoms with Gasteiger partial charge < -0.3 is 9.64 Å². The fraction of sp³-hybridized carbons (Fsp3) is 0.417. The Bertz CT molecular complexity index is 398. The largest absolute Gasteiger partial charge is 0.385 e. The molecule has 94 valence electrons. The van der Waals surface area contributed by atoms with E-state index in [9.17, 15) is 4.79 Å². The highest BCUT2D eigenvalue weighted by molar-refractivity contribution is 9.10. The molecule has 0 aromatic heterocycles. The van der Waals surface area contributed by atoms with Crippen molar-refractivity contribution in [2.24, 2.45) is 0 Å². The molecule has 0 unspecified atom stereocenters. The summed E-state index contributed by atoms with van der Waals surface area (Å²) in [4.78, 5) is 14.6. The number of rotatable bonds is 5. The molecule has 0 aliphatic heterocycles. The van der Waals surface area contributed by atoms with Crippen LogP contribution in [0, 0.1) is 0 Å². The van der Waals surface area contributed by atoms with Gasteiger partial charge in [-0.1, -0.05) is 0 Å². The zero-order chi connectivity index (χ0) is 12.8. The standard InChI is InChI=1S/C12H16BrNO2S/c1-14(6-3-7-16-2)12(15)10-8-9(17)4-5-11(10)13/h4-5,8,17H,3,6-7H2,1-2H3. The van der Waals surface area contributed by atoms with Crippen molar-refractivity contribution in [2.75, 3.05) is 27.3 Å². The number of benzene rings is 1. The van der Waals surface area contributed by atoms with Crippen LogP contribution < -0.4 is 0 Å². The normalized spacial score (nSPS) is 10.4. The number of carbonyl (C=O) groups is 1. The van der Waals surface area contributed by atoms with Crippen molar-refractivity contribution in [2.45, 2.75) is 11.3 Å². The van der Waals surface area contributed by atoms with E-state index in [-0.39, 0.29) is 5.91 Å². The van der Waals surface area contributed by atoms with Crippen LogP contribution in [0.2, 0.25) is 0 Å². The molecule has 0 fully saturated rings. The molecular formula is C12H16BrNO2S. The molecule has 0 atom stereocenters. The molecule has 0 bridgehead atoms. The fourth-order valence-corrected chi connectivity index (χ4v) is 2.05. The maximum absolute atomic E-state index is 12.1. The lowest BCUT2D eigenvalue weighted by molar-refractivity contribution is 0.0778. The van der Waals surface area contributed by atoms with E-state index in [2.05, 4.69) is 28.6 Å². The van der Waals surface area contributed by atoms with Gasteiger partial charge in [0.15, 0.2) is 0 Å². The lowest BCUT2D eigenvalue weighted by Crippen LogP contribution is -2.28. The Labute approximate surface area is 116 Å². The molecule has 17 heavy (non-hydrogen) atoms. The van der Waals surface area contributed by atoms with Gasteiger partial charge in [0.05, 0.1) is 5.56 Å². The van der Waals surface area contributed by atoms with Crippen molar-refractivity contribution >= 4 is 34.5 Å². The molecule has 0 radical (unpaired) electrons. The van der Waals surface area contributed by atoms with Crippen LogP contribution in [0.3, 0.4) is 0 Å². The van der Waals surface area contributed by atoms with Crippen LogP contribution in [-0.2, 0) is 4.74 Å². The number of hydrogen-bond acceptors (Lipinski definition) is 3. The third-order valence-electron chi connectivity index (χ3n) is 2.37. The second-order valence-electron chi connectivity index (χ2n) is 3.74. The van der Waals surface area contributed by atoms with E-state index in [0.29, 0.717) is 18.7 Å². The molecule has 0 aliphatic rings. The van der Waals surface area contributed by atoms with Crippen LogP contribution >= 0.6 is 28.6 Å². The van der Waals surface area contributed by atoms with Gasteiger partial charge >= 0.3 is 0 Å². The average Bonchev–Trinajstić information content (AvgIpc) is 2.31. The molecule has 0 saturated carbocycles. The van der Waals surface area contributed by atoms with Gasteiger partial charge in [-0.05, 0) is 40.5 Å². The predicted molar refractivity (Wildman–Crippen MR) is 74.8 cm³/mol. The van der Waals surface area contributed by atoms with Crippen LogP contribution in [0.1, 0.15) is 16.8 Å². The maximum Gasteiger partial charge on any atom is 0.254 e. The number of halogens is 1. The Morgan fingerprint density at radius 1 is 1.53 bits per heavy atom. The SMILES string of the molecule is COCCCN(C)C(=O)c1cc(S)ccc1Br. The summed E-state index contributed by atoms with van der Waals surface area (Å²) >= 11 is 7.61. The average molecular weight is 318 g/mol. The lowest BCUT2D eigenvalue weighted by atomic mass is 10.2. The second-order valence-corrected chi connectivity index (χ2v) is 5.11. The van der Waals surface area contributed by atoms with Crippen LogP contribution in [0.5, 0.6) is 0 Å². The van der Waals surface area contributed by atoms with Gasteiger partial charge in [-0.3, -0.25) is 4.79 Å². The van der Waals surface area contributed by atoms with Gasteiger partial charge in [-0.15, -0.1) is 12.6 Å². The number of amides is 1. The number of carbonyl (C=O) groups excluding carboxylic acids is 1. The number of hydrogen-bond donors (Lipinski definition) is 1. The Kier molecular flexibility index (Phi) is 6.02.